The summed E-state index contributed by atoms with van der Waals surface area (Å²) < 4.78 is 31.9. The van der Waals surface area contributed by atoms with Crippen molar-refractivity contribution in [3.05, 3.63) is 52.8 Å². The summed E-state index contributed by atoms with van der Waals surface area (Å²) in [5.41, 5.74) is -0.404. The van der Waals surface area contributed by atoms with Gasteiger partial charge in [-0.2, -0.15) is 4.31 Å². The molecule has 1 aliphatic heterocycles. The van der Waals surface area contributed by atoms with E-state index in [0.29, 0.717) is 18.8 Å². The topological polar surface area (TPSA) is 103 Å². The average Bonchev–Trinajstić information content (AvgIpc) is 3.11. The van der Waals surface area contributed by atoms with Crippen molar-refractivity contribution in [3.8, 4) is 11.5 Å². The smallest absolute Gasteiger partial charge is 0.312 e. The Morgan fingerprint density at radius 2 is 1.96 bits per heavy atom. The summed E-state index contributed by atoms with van der Waals surface area (Å²) in [6.07, 6.45) is 4.55. The lowest BCUT2D eigenvalue weighted by Gasteiger charge is -2.15. The summed E-state index contributed by atoms with van der Waals surface area (Å²) in [5, 5.41) is 11.3. The van der Waals surface area contributed by atoms with Crippen LogP contribution >= 0.6 is 0 Å². The van der Waals surface area contributed by atoms with Gasteiger partial charge in [-0.25, -0.2) is 8.42 Å². The zero-order chi connectivity index (χ0) is 17.2. The van der Waals surface area contributed by atoms with Gasteiger partial charge < -0.3 is 4.74 Å². The zero-order valence-corrected chi connectivity index (χ0v) is 13.5. The van der Waals surface area contributed by atoms with Crippen LogP contribution in [-0.2, 0) is 10.0 Å². The molecule has 1 fully saturated rings. The SMILES string of the molecule is O=[N+]([O-])c1cc(S(=O)(=O)N2CCCC2)ccc1Oc1cccnc1. The lowest BCUT2D eigenvalue weighted by molar-refractivity contribution is -0.385. The molecule has 0 spiro atoms. The molecule has 1 aromatic heterocycles. The van der Waals surface area contributed by atoms with Gasteiger partial charge in [-0.1, -0.05) is 0 Å². The molecule has 0 atom stereocenters. The number of benzene rings is 1. The number of aromatic nitrogens is 1. The number of nitro benzene ring substituents is 1. The average molecular weight is 349 g/mol. The Bertz CT molecular complexity index is 849. The zero-order valence-electron chi connectivity index (χ0n) is 12.7. The van der Waals surface area contributed by atoms with Crippen molar-refractivity contribution in [2.24, 2.45) is 0 Å². The molecule has 2 aromatic rings. The van der Waals surface area contributed by atoms with E-state index in [1.54, 1.807) is 18.3 Å². The highest BCUT2D eigenvalue weighted by molar-refractivity contribution is 7.89. The maximum atomic E-state index is 12.5. The van der Waals surface area contributed by atoms with Gasteiger partial charge in [-0.15, -0.1) is 0 Å². The van der Waals surface area contributed by atoms with E-state index in [0.717, 1.165) is 18.9 Å². The van der Waals surface area contributed by atoms with Crippen LogP contribution in [0.3, 0.4) is 0 Å². The number of nitrogens with zero attached hydrogens (tertiary/aromatic N) is 3. The highest BCUT2D eigenvalue weighted by Gasteiger charge is 2.29. The van der Waals surface area contributed by atoms with Gasteiger partial charge in [0.2, 0.25) is 15.8 Å². The Morgan fingerprint density at radius 3 is 2.58 bits per heavy atom. The van der Waals surface area contributed by atoms with E-state index in [9.17, 15) is 18.5 Å². The Balaban J connectivity index is 1.97. The van der Waals surface area contributed by atoms with Crippen molar-refractivity contribution in [3.63, 3.8) is 0 Å². The summed E-state index contributed by atoms with van der Waals surface area (Å²) in [5.74, 6) is 0.295. The highest BCUT2D eigenvalue weighted by Crippen LogP contribution is 2.34. The summed E-state index contributed by atoms with van der Waals surface area (Å²) >= 11 is 0. The number of ether oxygens (including phenoxy) is 1. The molecule has 3 rings (SSSR count). The fourth-order valence-electron chi connectivity index (χ4n) is 2.50. The second kappa shape index (κ2) is 6.54. The highest BCUT2D eigenvalue weighted by atomic mass is 32.2. The van der Waals surface area contributed by atoms with Crippen molar-refractivity contribution < 1.29 is 18.1 Å². The van der Waals surface area contributed by atoms with E-state index in [-0.39, 0.29) is 10.6 Å². The van der Waals surface area contributed by atoms with E-state index < -0.39 is 20.6 Å². The van der Waals surface area contributed by atoms with Gasteiger partial charge in [0.1, 0.15) is 5.75 Å². The van der Waals surface area contributed by atoms with Crippen LogP contribution in [0.15, 0.2) is 47.6 Å². The molecule has 1 aromatic carbocycles. The van der Waals surface area contributed by atoms with Crippen LogP contribution < -0.4 is 4.74 Å². The largest absolute Gasteiger partial charge is 0.449 e. The minimum atomic E-state index is -3.72. The number of hydrogen-bond donors (Lipinski definition) is 0. The molecule has 24 heavy (non-hydrogen) atoms. The first kappa shape index (κ1) is 16.3. The van der Waals surface area contributed by atoms with Crippen molar-refractivity contribution in [1.82, 2.24) is 9.29 Å². The van der Waals surface area contributed by atoms with E-state index in [1.165, 1.54) is 22.6 Å². The summed E-state index contributed by atoms with van der Waals surface area (Å²) in [6.45, 7) is 0.869. The molecule has 1 saturated heterocycles. The molecule has 9 heteroatoms. The molecule has 2 heterocycles. The third-order valence-electron chi connectivity index (χ3n) is 3.69. The fraction of sp³-hybridized carbons (Fsp3) is 0.267. The van der Waals surface area contributed by atoms with Gasteiger partial charge in [0.15, 0.2) is 0 Å². The van der Waals surface area contributed by atoms with Crippen LogP contribution in [0.1, 0.15) is 12.8 Å². The normalized spacial score (nSPS) is 15.3. The van der Waals surface area contributed by atoms with Gasteiger partial charge in [-0.3, -0.25) is 15.1 Å². The van der Waals surface area contributed by atoms with Gasteiger partial charge in [0.25, 0.3) is 0 Å². The number of hydrogen-bond acceptors (Lipinski definition) is 6. The summed E-state index contributed by atoms with van der Waals surface area (Å²) in [7, 11) is -3.72. The number of pyridine rings is 1. The van der Waals surface area contributed by atoms with E-state index in [2.05, 4.69) is 4.98 Å². The first-order valence-electron chi connectivity index (χ1n) is 7.35. The van der Waals surface area contributed by atoms with Crippen LogP contribution in [-0.4, -0.2) is 35.7 Å². The van der Waals surface area contributed by atoms with E-state index in [1.807, 2.05) is 0 Å². The Kier molecular flexibility index (Phi) is 4.45. The number of nitro groups is 1. The van der Waals surface area contributed by atoms with Gasteiger partial charge in [0, 0.05) is 25.4 Å². The molecule has 1 aliphatic rings. The van der Waals surface area contributed by atoms with Crippen LogP contribution in [0, 0.1) is 10.1 Å². The predicted octanol–water partition coefficient (Wildman–Crippen LogP) is 2.57. The van der Waals surface area contributed by atoms with Crippen LogP contribution in [0.4, 0.5) is 5.69 Å². The van der Waals surface area contributed by atoms with Crippen molar-refractivity contribution in [2.75, 3.05) is 13.1 Å². The molecular weight excluding hydrogens is 334 g/mol. The minimum Gasteiger partial charge on any atom is -0.449 e. The lowest BCUT2D eigenvalue weighted by atomic mass is 10.3. The Hall–Kier alpha value is -2.52. The molecule has 0 saturated carbocycles. The number of sulfonamides is 1. The maximum Gasteiger partial charge on any atom is 0.312 e. The quantitative estimate of drug-likeness (QED) is 0.607. The third-order valence-corrected chi connectivity index (χ3v) is 5.59. The molecule has 8 nitrogen and oxygen atoms in total. The van der Waals surface area contributed by atoms with E-state index >= 15 is 0 Å². The standard InChI is InChI=1S/C15H15N3O5S/c19-18(20)14-10-13(24(21,22)17-8-1-2-9-17)5-6-15(14)23-12-4-3-7-16-11-12/h3-7,10-11H,1-2,8-9H2. The maximum absolute atomic E-state index is 12.5. The van der Waals surface area contributed by atoms with Crippen molar-refractivity contribution >= 4 is 15.7 Å². The van der Waals surface area contributed by atoms with E-state index in [4.69, 9.17) is 4.74 Å². The van der Waals surface area contributed by atoms with Crippen molar-refractivity contribution in [1.29, 1.82) is 0 Å². The molecular formula is C15H15N3O5S. The Morgan fingerprint density at radius 1 is 1.21 bits per heavy atom. The van der Waals surface area contributed by atoms with Crippen LogP contribution in [0.2, 0.25) is 0 Å². The molecule has 0 aliphatic carbocycles. The van der Waals surface area contributed by atoms with Crippen LogP contribution in [0.25, 0.3) is 0 Å². The van der Waals surface area contributed by atoms with Gasteiger partial charge >= 0.3 is 5.69 Å². The third kappa shape index (κ3) is 3.22. The molecule has 126 valence electrons. The number of rotatable bonds is 5. The monoisotopic (exact) mass is 349 g/mol. The molecule has 0 bridgehead atoms. The van der Waals surface area contributed by atoms with Gasteiger partial charge in [-0.05, 0) is 37.1 Å². The van der Waals surface area contributed by atoms with Gasteiger partial charge in [0.05, 0.1) is 16.0 Å². The second-order valence-electron chi connectivity index (χ2n) is 5.29. The fourth-order valence-corrected chi connectivity index (χ4v) is 4.04. The first-order chi connectivity index (χ1) is 11.5. The molecule has 0 unspecified atom stereocenters. The van der Waals surface area contributed by atoms with Crippen LogP contribution in [0.5, 0.6) is 11.5 Å². The Labute approximate surface area is 138 Å². The molecule has 0 N–H and O–H groups in total. The molecule has 0 amide bonds. The minimum absolute atomic E-state index is 0.0339. The predicted molar refractivity (Wildman–Crippen MR) is 85.4 cm³/mol. The summed E-state index contributed by atoms with van der Waals surface area (Å²) in [4.78, 5) is 14.4. The second-order valence-corrected chi connectivity index (χ2v) is 7.23. The summed E-state index contributed by atoms with van der Waals surface area (Å²) in [6, 6.07) is 6.90. The van der Waals surface area contributed by atoms with Crippen molar-refractivity contribution in [2.45, 2.75) is 17.7 Å². The molecule has 0 radical (unpaired) electrons. The lowest BCUT2D eigenvalue weighted by Crippen LogP contribution is -2.27. The first-order valence-corrected chi connectivity index (χ1v) is 8.79.